The molecule has 0 fully saturated rings. The number of halogens is 3. The van der Waals surface area contributed by atoms with Gasteiger partial charge >= 0.3 is 6.36 Å². The van der Waals surface area contributed by atoms with E-state index in [1.54, 1.807) is 0 Å². The molecule has 0 aliphatic heterocycles. The minimum absolute atomic E-state index is 0.246. The highest BCUT2D eigenvalue weighted by molar-refractivity contribution is 5.31. The monoisotopic (exact) mass is 234 g/mol. The molecule has 90 valence electrons. The van der Waals surface area contributed by atoms with Gasteiger partial charge in [0.1, 0.15) is 11.5 Å². The first-order valence-electron chi connectivity index (χ1n) is 4.85. The lowest BCUT2D eigenvalue weighted by Crippen LogP contribution is -2.17. The van der Waals surface area contributed by atoms with Crippen LogP contribution in [0.5, 0.6) is 11.5 Å². The summed E-state index contributed by atoms with van der Waals surface area (Å²) in [7, 11) is 0. The number of ether oxygens (including phenoxy) is 2. The van der Waals surface area contributed by atoms with Gasteiger partial charge in [-0.05, 0) is 30.2 Å². The van der Waals surface area contributed by atoms with E-state index in [1.165, 1.54) is 24.3 Å². The van der Waals surface area contributed by atoms with Crippen LogP contribution in [-0.2, 0) is 0 Å². The minimum Gasteiger partial charge on any atom is -0.493 e. The molecule has 1 aromatic carbocycles. The second-order valence-electron chi connectivity index (χ2n) is 3.72. The molecule has 0 saturated heterocycles. The first kappa shape index (κ1) is 12.7. The Balaban J connectivity index is 2.54. The van der Waals surface area contributed by atoms with E-state index in [0.29, 0.717) is 18.3 Å². The summed E-state index contributed by atoms with van der Waals surface area (Å²) in [5, 5.41) is 0. The molecule has 2 nitrogen and oxygen atoms in total. The number of hydrogen-bond acceptors (Lipinski definition) is 2. The van der Waals surface area contributed by atoms with E-state index >= 15 is 0 Å². The fourth-order valence-corrected chi connectivity index (χ4v) is 1.00. The van der Waals surface area contributed by atoms with Gasteiger partial charge in [0.2, 0.25) is 0 Å². The first-order chi connectivity index (χ1) is 7.37. The van der Waals surface area contributed by atoms with E-state index in [0.717, 1.165) is 0 Å². The van der Waals surface area contributed by atoms with Gasteiger partial charge in [-0.1, -0.05) is 13.8 Å². The van der Waals surface area contributed by atoms with E-state index < -0.39 is 6.36 Å². The average molecular weight is 234 g/mol. The third-order valence-electron chi connectivity index (χ3n) is 1.64. The lowest BCUT2D eigenvalue weighted by atomic mass is 10.2. The Labute approximate surface area is 92.0 Å². The highest BCUT2D eigenvalue weighted by Crippen LogP contribution is 2.24. The number of benzene rings is 1. The number of rotatable bonds is 4. The molecule has 1 rings (SSSR count). The smallest absolute Gasteiger partial charge is 0.493 e. The van der Waals surface area contributed by atoms with Crippen LogP contribution >= 0.6 is 0 Å². The molecule has 5 heteroatoms. The maximum Gasteiger partial charge on any atom is 0.573 e. The van der Waals surface area contributed by atoms with Gasteiger partial charge in [0.25, 0.3) is 0 Å². The average Bonchev–Trinajstić information content (AvgIpc) is 2.14. The van der Waals surface area contributed by atoms with Gasteiger partial charge in [-0.3, -0.25) is 0 Å². The normalized spacial score (nSPS) is 11.6. The fraction of sp³-hybridized carbons (Fsp3) is 0.455. The van der Waals surface area contributed by atoms with Crippen molar-refractivity contribution in [2.75, 3.05) is 6.61 Å². The summed E-state index contributed by atoms with van der Waals surface area (Å²) in [6.07, 6.45) is -4.65. The van der Waals surface area contributed by atoms with E-state index in [4.69, 9.17) is 4.74 Å². The van der Waals surface area contributed by atoms with E-state index in [2.05, 4.69) is 4.74 Å². The van der Waals surface area contributed by atoms with Crippen molar-refractivity contribution in [1.29, 1.82) is 0 Å². The molecule has 0 bridgehead atoms. The summed E-state index contributed by atoms with van der Waals surface area (Å²) in [6, 6.07) is 5.35. The van der Waals surface area contributed by atoms with Crippen molar-refractivity contribution >= 4 is 0 Å². The van der Waals surface area contributed by atoms with Crippen molar-refractivity contribution in [3.63, 3.8) is 0 Å². The quantitative estimate of drug-likeness (QED) is 0.792. The first-order valence-corrected chi connectivity index (χ1v) is 4.85. The third kappa shape index (κ3) is 4.91. The Kier molecular flexibility index (Phi) is 4.04. The van der Waals surface area contributed by atoms with Gasteiger partial charge in [-0.2, -0.15) is 0 Å². The van der Waals surface area contributed by atoms with Crippen LogP contribution < -0.4 is 9.47 Å². The van der Waals surface area contributed by atoms with Crippen LogP contribution in [0.15, 0.2) is 24.3 Å². The SMILES string of the molecule is CC(C)COc1ccc(OC(F)(F)F)cc1. The second-order valence-corrected chi connectivity index (χ2v) is 3.72. The lowest BCUT2D eigenvalue weighted by molar-refractivity contribution is -0.274. The summed E-state index contributed by atoms with van der Waals surface area (Å²) < 4.78 is 44.6. The van der Waals surface area contributed by atoms with Gasteiger partial charge in [0.05, 0.1) is 6.61 Å². The molecule has 0 radical (unpaired) electrons. The Morgan fingerprint density at radius 1 is 1.06 bits per heavy atom. The summed E-state index contributed by atoms with van der Waals surface area (Å²) in [4.78, 5) is 0. The maximum absolute atomic E-state index is 11.8. The third-order valence-corrected chi connectivity index (χ3v) is 1.64. The van der Waals surface area contributed by atoms with Gasteiger partial charge in [0, 0.05) is 0 Å². The van der Waals surface area contributed by atoms with Crippen LogP contribution in [0, 0.1) is 5.92 Å². The molecule has 0 aromatic heterocycles. The zero-order valence-electron chi connectivity index (χ0n) is 9.04. The molecular formula is C11H13F3O2. The van der Waals surface area contributed by atoms with E-state index in [9.17, 15) is 13.2 Å². The Morgan fingerprint density at radius 2 is 1.56 bits per heavy atom. The molecule has 0 atom stereocenters. The van der Waals surface area contributed by atoms with E-state index in [-0.39, 0.29) is 5.75 Å². The van der Waals surface area contributed by atoms with Crippen LogP contribution in [0.3, 0.4) is 0 Å². The summed E-state index contributed by atoms with van der Waals surface area (Å²) >= 11 is 0. The number of alkyl halides is 3. The summed E-state index contributed by atoms with van der Waals surface area (Å²) in [5.74, 6) is 0.652. The maximum atomic E-state index is 11.8. The topological polar surface area (TPSA) is 18.5 Å². The van der Waals surface area contributed by atoms with Crippen molar-refractivity contribution < 1.29 is 22.6 Å². The van der Waals surface area contributed by atoms with Crippen molar-refractivity contribution in [3.8, 4) is 11.5 Å². The highest BCUT2D eigenvalue weighted by Gasteiger charge is 2.30. The highest BCUT2D eigenvalue weighted by atomic mass is 19.4. The van der Waals surface area contributed by atoms with Crippen LogP contribution in [-0.4, -0.2) is 13.0 Å². The second kappa shape index (κ2) is 5.09. The molecule has 0 N–H and O–H groups in total. The van der Waals surface area contributed by atoms with Crippen LogP contribution in [0.4, 0.5) is 13.2 Å². The van der Waals surface area contributed by atoms with Gasteiger partial charge in [0.15, 0.2) is 0 Å². The lowest BCUT2D eigenvalue weighted by Gasteiger charge is -2.11. The van der Waals surface area contributed by atoms with Crippen LogP contribution in [0.25, 0.3) is 0 Å². The predicted molar refractivity (Wildman–Crippen MR) is 53.5 cm³/mol. The zero-order valence-corrected chi connectivity index (χ0v) is 9.04. The van der Waals surface area contributed by atoms with E-state index in [1.807, 2.05) is 13.8 Å². The molecule has 0 aliphatic rings. The largest absolute Gasteiger partial charge is 0.573 e. The molecule has 0 saturated carbocycles. The zero-order chi connectivity index (χ0) is 12.2. The Morgan fingerprint density at radius 3 is 2.00 bits per heavy atom. The molecule has 16 heavy (non-hydrogen) atoms. The van der Waals surface area contributed by atoms with Crippen molar-refractivity contribution in [3.05, 3.63) is 24.3 Å². The summed E-state index contributed by atoms with van der Waals surface area (Å²) in [6.45, 7) is 4.50. The Bertz CT molecular complexity index is 317. The molecule has 0 amide bonds. The van der Waals surface area contributed by atoms with Gasteiger partial charge in [-0.15, -0.1) is 13.2 Å². The predicted octanol–water partition coefficient (Wildman–Crippen LogP) is 3.62. The standard InChI is InChI=1S/C11H13F3O2/c1-8(2)7-15-9-3-5-10(6-4-9)16-11(12,13)14/h3-6,8H,7H2,1-2H3. The van der Waals surface area contributed by atoms with Gasteiger partial charge in [-0.25, -0.2) is 0 Å². The van der Waals surface area contributed by atoms with Crippen LogP contribution in [0.1, 0.15) is 13.8 Å². The molecule has 0 spiro atoms. The Hall–Kier alpha value is -1.39. The van der Waals surface area contributed by atoms with Crippen molar-refractivity contribution in [1.82, 2.24) is 0 Å². The molecule has 0 aliphatic carbocycles. The number of hydrogen-bond donors (Lipinski definition) is 0. The fourth-order valence-electron chi connectivity index (χ4n) is 1.00. The minimum atomic E-state index is -4.65. The molecule has 1 aromatic rings. The molecule has 0 heterocycles. The van der Waals surface area contributed by atoms with Crippen molar-refractivity contribution in [2.45, 2.75) is 20.2 Å². The molecule has 0 unspecified atom stereocenters. The van der Waals surface area contributed by atoms with Gasteiger partial charge < -0.3 is 9.47 Å². The molecular weight excluding hydrogens is 221 g/mol. The summed E-state index contributed by atoms with van der Waals surface area (Å²) in [5.41, 5.74) is 0. The van der Waals surface area contributed by atoms with Crippen molar-refractivity contribution in [2.24, 2.45) is 5.92 Å². The van der Waals surface area contributed by atoms with Crippen LogP contribution in [0.2, 0.25) is 0 Å².